The van der Waals surface area contributed by atoms with Crippen molar-refractivity contribution in [2.24, 2.45) is 20.0 Å². The minimum absolute atomic E-state index is 0.770. The summed E-state index contributed by atoms with van der Waals surface area (Å²) in [7, 11) is 0. The highest BCUT2D eigenvalue weighted by atomic mass is 15.1. The zero-order chi connectivity index (χ0) is 55.1. The quantitative estimate of drug-likeness (QED) is 0.0281. The van der Waals surface area contributed by atoms with Gasteiger partial charge in [-0.2, -0.15) is 0 Å². The van der Waals surface area contributed by atoms with Crippen LogP contribution in [0.25, 0.3) is 43.1 Å². The second-order valence-electron chi connectivity index (χ2n) is 23.9. The van der Waals surface area contributed by atoms with Crippen molar-refractivity contribution in [1.82, 2.24) is 19.9 Å². The summed E-state index contributed by atoms with van der Waals surface area (Å²) in [5.74, 6) is 3.22. The molecule has 0 amide bonds. The van der Waals surface area contributed by atoms with Crippen LogP contribution in [0.15, 0.2) is 92.8 Å². The fraction of sp³-hybridized carbons (Fsp3) is 0.556. The molecule has 8 nitrogen and oxygen atoms in total. The maximum absolute atomic E-state index is 5.85. The molecule has 4 N–H and O–H groups in total. The molecule has 0 spiro atoms. The molecule has 428 valence electrons. The molecule has 9 rings (SSSR count). The normalized spacial score (nSPS) is 12.4. The second-order valence-corrected chi connectivity index (χ2v) is 23.9. The Morgan fingerprint density at radius 3 is 0.750 bits per heavy atom. The van der Waals surface area contributed by atoms with Crippen LogP contribution in [0.1, 0.15) is 255 Å². The molecule has 1 aliphatic heterocycles. The summed E-state index contributed by atoms with van der Waals surface area (Å²) in [6, 6.07) is 25.7. The van der Waals surface area contributed by atoms with Crippen LogP contribution in [0.4, 0.5) is 23.3 Å². The van der Waals surface area contributed by atoms with Gasteiger partial charge in [-0.15, -0.1) is 0 Å². The number of aryl methyl sites for hydroxylation is 2. The van der Waals surface area contributed by atoms with Crippen LogP contribution < -0.4 is 22.0 Å². The van der Waals surface area contributed by atoms with E-state index in [0.717, 1.165) is 103 Å². The Bertz CT molecular complexity index is 3210. The average molecular weight is 1080 g/mol. The molecule has 4 aromatic heterocycles. The Morgan fingerprint density at radius 1 is 0.237 bits per heavy atom. The molecule has 5 heterocycles. The zero-order valence-corrected chi connectivity index (χ0v) is 50.2. The number of hydrogen-bond donors (Lipinski definition) is 4. The van der Waals surface area contributed by atoms with Gasteiger partial charge in [0.05, 0.1) is 0 Å². The van der Waals surface area contributed by atoms with E-state index in [1.54, 1.807) is 11.1 Å². The number of aromatic amines is 4. The number of nitrogens with zero attached hydrogens (tertiary/aromatic N) is 4. The van der Waals surface area contributed by atoms with Crippen LogP contribution in [0.2, 0.25) is 0 Å². The molecule has 0 atom stereocenters. The first-order valence-corrected chi connectivity index (χ1v) is 33.0. The van der Waals surface area contributed by atoms with Gasteiger partial charge in [-0.25, -0.2) is 20.0 Å². The lowest BCUT2D eigenvalue weighted by Gasteiger charge is -2.22. The molecule has 80 heavy (non-hydrogen) atoms. The third kappa shape index (κ3) is 15.2. The summed E-state index contributed by atoms with van der Waals surface area (Å²) < 4.78 is 0. The Kier molecular flexibility index (Phi) is 23.1. The Labute approximate surface area is 479 Å². The molecule has 8 bridgehead atoms. The van der Waals surface area contributed by atoms with Gasteiger partial charge in [0.15, 0.2) is 0 Å². The molecule has 0 aliphatic carbocycles. The van der Waals surface area contributed by atoms with Gasteiger partial charge in [-0.3, -0.25) is 0 Å². The maximum atomic E-state index is 5.85. The number of rotatable bonds is 36. The summed E-state index contributed by atoms with van der Waals surface area (Å²) >= 11 is 0. The van der Waals surface area contributed by atoms with E-state index in [2.05, 4.69) is 120 Å². The van der Waals surface area contributed by atoms with Crippen LogP contribution in [0.3, 0.4) is 0 Å². The predicted octanol–water partition coefficient (Wildman–Crippen LogP) is 20.5. The summed E-state index contributed by atoms with van der Waals surface area (Å²) in [6.07, 6.45) is 46.5. The molecule has 0 saturated carbocycles. The van der Waals surface area contributed by atoms with Gasteiger partial charge in [0.1, 0.15) is 45.2 Å². The molecular formula is C72H100N8. The maximum Gasteiger partial charge on any atom is 0.142 e. The molecular weight excluding hydrogens is 977 g/mol. The highest BCUT2D eigenvalue weighted by Gasteiger charge is 2.24. The third-order valence-corrected chi connectivity index (χ3v) is 17.7. The first-order chi connectivity index (χ1) is 39.6. The van der Waals surface area contributed by atoms with Crippen molar-refractivity contribution in [3.8, 4) is 0 Å². The Morgan fingerprint density at radius 2 is 0.463 bits per heavy atom. The van der Waals surface area contributed by atoms with Crippen molar-refractivity contribution in [2.75, 3.05) is 0 Å². The monoisotopic (exact) mass is 1080 g/mol. The van der Waals surface area contributed by atoms with E-state index in [1.807, 2.05) is 0 Å². The van der Waals surface area contributed by atoms with Crippen molar-refractivity contribution in [3.05, 3.63) is 117 Å². The number of aromatic nitrogens is 4. The molecule has 8 heteroatoms. The summed E-state index contributed by atoms with van der Waals surface area (Å²) in [5, 5.41) is 8.87. The molecule has 4 aromatic carbocycles. The Balaban J connectivity index is 1.28. The highest BCUT2D eigenvalue weighted by molar-refractivity contribution is 6.01. The van der Waals surface area contributed by atoms with Gasteiger partial charge in [0.2, 0.25) is 0 Å². The number of fused-ring (bicyclic) bond motifs is 20. The first kappa shape index (κ1) is 58.9. The molecule has 0 saturated heterocycles. The van der Waals surface area contributed by atoms with Gasteiger partial charge < -0.3 is 19.9 Å². The number of unbranched alkanes of at least 4 members (excludes halogenated alkanes) is 28. The summed E-state index contributed by atoms with van der Waals surface area (Å²) in [4.78, 5) is 37.9. The van der Waals surface area contributed by atoms with Crippen molar-refractivity contribution in [3.63, 3.8) is 0 Å². The average Bonchev–Trinajstić information content (AvgIpc) is 4.25. The number of H-pyrrole nitrogens is 4. The van der Waals surface area contributed by atoms with Crippen molar-refractivity contribution >= 4 is 66.4 Å². The van der Waals surface area contributed by atoms with E-state index in [4.69, 9.17) is 20.0 Å². The van der Waals surface area contributed by atoms with Gasteiger partial charge in [-0.1, -0.05) is 280 Å². The van der Waals surface area contributed by atoms with Gasteiger partial charge in [0, 0.05) is 43.1 Å². The summed E-state index contributed by atoms with van der Waals surface area (Å²) in [5.41, 5.74) is 9.76. The standard InChI is InChI=1S/C72H100N8/c1-5-9-13-17-21-25-29-33-43-53-54(44-34-30-26-22-18-14-10-6-2)56(46-36-32-28-24-20-16-12-8-4)64-63(55(53)45-35-31-27-23-19-15-11-7-3)71-78-69-61-51-41-39-49-59(61)67(76-69)74-65-57-47-37-38-48-58(57)66(73-65)75-68-60-50-40-42-52-62(60)70(77-68)79-72(64)80-71/h37-42,47-52H,5-36,43-46H2,1-4H3,(H4,73,74,75,76,77,78,79,80). The SMILES string of the molecule is CCCCCCCCCCc1c(CCCCCCCCCC)c(CCCCCCCCCC)c2c3[nH]c(c2c1CCCCCCCCCC)=Nc1[nH]c(c2ccccc12)N=c1[nH]c(c2ccccc12)=Nc1[nH]c(c2ccccc12)N=3. The first-order valence-electron chi connectivity index (χ1n) is 33.0. The largest absolute Gasteiger partial charge is 0.324 e. The van der Waals surface area contributed by atoms with Crippen molar-refractivity contribution in [1.29, 1.82) is 0 Å². The zero-order valence-electron chi connectivity index (χ0n) is 50.2. The van der Waals surface area contributed by atoms with E-state index >= 15 is 0 Å². The van der Waals surface area contributed by atoms with Gasteiger partial charge in [-0.05, 0) is 73.6 Å². The Hall–Kier alpha value is -5.76. The third-order valence-electron chi connectivity index (χ3n) is 17.7. The number of benzene rings is 4. The molecule has 0 fully saturated rings. The van der Waals surface area contributed by atoms with Crippen LogP contribution in [-0.4, -0.2) is 19.9 Å². The van der Waals surface area contributed by atoms with Crippen molar-refractivity contribution in [2.45, 2.75) is 259 Å². The lowest BCUT2D eigenvalue weighted by molar-refractivity contribution is 0.565. The fourth-order valence-electron chi connectivity index (χ4n) is 13.2. The fourth-order valence-corrected chi connectivity index (χ4v) is 13.2. The van der Waals surface area contributed by atoms with Crippen LogP contribution in [0, 0.1) is 0 Å². The van der Waals surface area contributed by atoms with Gasteiger partial charge >= 0.3 is 0 Å². The molecule has 8 aromatic rings. The van der Waals surface area contributed by atoms with Gasteiger partial charge in [0.25, 0.3) is 0 Å². The van der Waals surface area contributed by atoms with E-state index in [9.17, 15) is 0 Å². The van der Waals surface area contributed by atoms with Crippen molar-refractivity contribution < 1.29 is 0 Å². The molecule has 0 unspecified atom stereocenters. The highest BCUT2D eigenvalue weighted by Crippen LogP contribution is 2.38. The van der Waals surface area contributed by atoms with E-state index < -0.39 is 0 Å². The van der Waals surface area contributed by atoms with E-state index in [0.29, 0.717) is 0 Å². The molecule has 0 radical (unpaired) electrons. The van der Waals surface area contributed by atoms with Crippen LogP contribution in [0.5, 0.6) is 0 Å². The minimum Gasteiger partial charge on any atom is -0.324 e. The van der Waals surface area contributed by atoms with E-state index in [1.165, 1.54) is 227 Å². The van der Waals surface area contributed by atoms with Crippen LogP contribution in [-0.2, 0) is 25.7 Å². The smallest absolute Gasteiger partial charge is 0.142 e. The van der Waals surface area contributed by atoms with Crippen LogP contribution >= 0.6 is 0 Å². The predicted molar refractivity (Wildman–Crippen MR) is 342 cm³/mol. The topological polar surface area (TPSA) is 113 Å². The lowest BCUT2D eigenvalue weighted by Crippen LogP contribution is -2.12. The number of nitrogens with one attached hydrogen (secondary N) is 4. The lowest BCUT2D eigenvalue weighted by atomic mass is 9.82. The second kappa shape index (κ2) is 31.5. The number of hydrogen-bond acceptors (Lipinski definition) is 4. The molecule has 1 aliphatic rings. The van der Waals surface area contributed by atoms with E-state index in [-0.39, 0.29) is 0 Å². The summed E-state index contributed by atoms with van der Waals surface area (Å²) in [6.45, 7) is 9.31. The minimum atomic E-state index is 0.770.